The average molecular weight is 299 g/mol. The van der Waals surface area contributed by atoms with E-state index < -0.39 is 0 Å². The molecule has 0 aliphatic carbocycles. The van der Waals surface area contributed by atoms with Gasteiger partial charge in [0.25, 0.3) is 0 Å². The molecule has 0 atom stereocenters. The van der Waals surface area contributed by atoms with E-state index in [4.69, 9.17) is 5.73 Å². The molecule has 0 aliphatic rings. The number of halogens is 1. The van der Waals surface area contributed by atoms with E-state index in [1.54, 1.807) is 0 Å². The number of benzene rings is 1. The van der Waals surface area contributed by atoms with Gasteiger partial charge in [-0.15, -0.1) is 0 Å². The van der Waals surface area contributed by atoms with Crippen LogP contribution in [0.1, 0.15) is 32.8 Å². The highest BCUT2D eigenvalue weighted by Gasteiger charge is 2.12. The Bertz CT molecular complexity index is 350. The van der Waals surface area contributed by atoms with E-state index in [0.717, 1.165) is 19.4 Å². The monoisotopic (exact) mass is 298 g/mol. The number of nitrogens with zero attached hydrogens (tertiary/aromatic N) is 1. The minimum Gasteiger partial charge on any atom is -0.368 e. The van der Waals surface area contributed by atoms with Crippen LogP contribution >= 0.6 is 15.9 Å². The second kappa shape index (κ2) is 7.02. The highest BCUT2D eigenvalue weighted by atomic mass is 79.9. The molecule has 96 valence electrons. The van der Waals surface area contributed by atoms with Crippen LogP contribution in [0.25, 0.3) is 0 Å². The van der Waals surface area contributed by atoms with Crippen LogP contribution in [0, 0.1) is 0 Å². The third-order valence-electron chi connectivity index (χ3n) is 2.84. The molecule has 2 nitrogen and oxygen atoms in total. The van der Waals surface area contributed by atoms with Crippen molar-refractivity contribution in [2.45, 2.75) is 39.7 Å². The second-order valence-electron chi connectivity index (χ2n) is 4.61. The fraction of sp³-hybridized carbons (Fsp3) is 0.571. The molecule has 0 saturated carbocycles. The van der Waals surface area contributed by atoms with E-state index in [1.807, 2.05) is 0 Å². The maximum atomic E-state index is 5.58. The maximum Gasteiger partial charge on any atom is 0.0513 e. The maximum absolute atomic E-state index is 5.58. The summed E-state index contributed by atoms with van der Waals surface area (Å²) in [5.74, 6) is 0. The van der Waals surface area contributed by atoms with Crippen LogP contribution in [0.5, 0.6) is 0 Å². The summed E-state index contributed by atoms with van der Waals surface area (Å²) in [6, 6.07) is 7.09. The van der Waals surface area contributed by atoms with Crippen molar-refractivity contribution in [1.29, 1.82) is 0 Å². The first-order valence-corrected chi connectivity index (χ1v) is 7.14. The quantitative estimate of drug-likeness (QED) is 0.870. The van der Waals surface area contributed by atoms with Crippen LogP contribution in [0.2, 0.25) is 0 Å². The van der Waals surface area contributed by atoms with Crippen molar-refractivity contribution in [2.75, 3.05) is 18.0 Å². The summed E-state index contributed by atoms with van der Waals surface area (Å²) in [5.41, 5.74) is 8.15. The molecule has 17 heavy (non-hydrogen) atoms. The lowest BCUT2D eigenvalue weighted by molar-refractivity contribution is 0.670. The molecule has 0 heterocycles. The van der Waals surface area contributed by atoms with Gasteiger partial charge in [-0.05, 0) is 66.9 Å². The first-order chi connectivity index (χ1) is 8.10. The van der Waals surface area contributed by atoms with Crippen molar-refractivity contribution in [1.82, 2.24) is 0 Å². The van der Waals surface area contributed by atoms with Gasteiger partial charge in [-0.3, -0.25) is 0 Å². The number of hydrogen-bond acceptors (Lipinski definition) is 2. The lowest BCUT2D eigenvalue weighted by Gasteiger charge is -2.29. The Kier molecular flexibility index (Phi) is 6.00. The van der Waals surface area contributed by atoms with Gasteiger partial charge in [0, 0.05) is 17.1 Å². The zero-order valence-corrected chi connectivity index (χ0v) is 12.6. The van der Waals surface area contributed by atoms with E-state index >= 15 is 0 Å². The molecule has 2 N–H and O–H groups in total. The van der Waals surface area contributed by atoms with Crippen molar-refractivity contribution >= 4 is 21.6 Å². The molecule has 1 aromatic rings. The standard InChI is InChI=1S/C14H23BrN2/c1-4-9-17(11(2)3)14-6-5-12(7-8-16)10-13(14)15/h5-6,10-11H,4,7-9,16H2,1-3H3. The molecule has 0 radical (unpaired) electrons. The number of nitrogens with two attached hydrogens (primary N) is 1. The average Bonchev–Trinajstić information content (AvgIpc) is 2.27. The van der Waals surface area contributed by atoms with Gasteiger partial charge in [-0.1, -0.05) is 13.0 Å². The van der Waals surface area contributed by atoms with Crippen molar-refractivity contribution in [3.63, 3.8) is 0 Å². The normalized spacial score (nSPS) is 10.9. The predicted molar refractivity (Wildman–Crippen MR) is 79.7 cm³/mol. The van der Waals surface area contributed by atoms with Gasteiger partial charge in [0.1, 0.15) is 0 Å². The van der Waals surface area contributed by atoms with E-state index in [2.05, 4.69) is 59.8 Å². The Hall–Kier alpha value is -0.540. The molecule has 0 aromatic heterocycles. The van der Waals surface area contributed by atoms with Gasteiger partial charge in [-0.2, -0.15) is 0 Å². The first-order valence-electron chi connectivity index (χ1n) is 6.35. The number of rotatable bonds is 6. The Morgan fingerprint density at radius 3 is 2.53 bits per heavy atom. The summed E-state index contributed by atoms with van der Waals surface area (Å²) in [4.78, 5) is 2.43. The Morgan fingerprint density at radius 2 is 2.06 bits per heavy atom. The van der Waals surface area contributed by atoms with E-state index in [9.17, 15) is 0 Å². The molecule has 0 unspecified atom stereocenters. The molecule has 0 saturated heterocycles. The Balaban J connectivity index is 2.95. The highest BCUT2D eigenvalue weighted by Crippen LogP contribution is 2.29. The molecule has 0 aliphatic heterocycles. The van der Waals surface area contributed by atoms with Crippen molar-refractivity contribution in [3.05, 3.63) is 28.2 Å². The van der Waals surface area contributed by atoms with Crippen LogP contribution < -0.4 is 10.6 Å². The smallest absolute Gasteiger partial charge is 0.0513 e. The molecule has 3 heteroatoms. The summed E-state index contributed by atoms with van der Waals surface area (Å²) in [7, 11) is 0. The number of anilines is 1. The SMILES string of the molecule is CCCN(c1ccc(CCN)cc1Br)C(C)C. The van der Waals surface area contributed by atoms with Crippen LogP contribution in [-0.4, -0.2) is 19.1 Å². The molecule has 0 amide bonds. The minimum atomic E-state index is 0.520. The fourth-order valence-corrected chi connectivity index (χ4v) is 2.66. The summed E-state index contributed by atoms with van der Waals surface area (Å²) >= 11 is 3.67. The third-order valence-corrected chi connectivity index (χ3v) is 3.48. The van der Waals surface area contributed by atoms with Gasteiger partial charge in [0.05, 0.1) is 5.69 Å². The van der Waals surface area contributed by atoms with Gasteiger partial charge in [0.15, 0.2) is 0 Å². The minimum absolute atomic E-state index is 0.520. The lowest BCUT2D eigenvalue weighted by Crippen LogP contribution is -2.31. The predicted octanol–water partition coefficient (Wildman–Crippen LogP) is 3.58. The van der Waals surface area contributed by atoms with Crippen LogP contribution in [0.4, 0.5) is 5.69 Å². The van der Waals surface area contributed by atoms with Crippen LogP contribution in [0.3, 0.4) is 0 Å². The zero-order valence-electron chi connectivity index (χ0n) is 11.0. The van der Waals surface area contributed by atoms with Crippen LogP contribution in [0.15, 0.2) is 22.7 Å². The van der Waals surface area contributed by atoms with Crippen molar-refractivity contribution in [3.8, 4) is 0 Å². The molecular formula is C14H23BrN2. The Morgan fingerprint density at radius 1 is 1.35 bits per heavy atom. The molecule has 0 spiro atoms. The summed E-state index contributed by atoms with van der Waals surface area (Å²) in [5, 5.41) is 0. The second-order valence-corrected chi connectivity index (χ2v) is 5.47. The van der Waals surface area contributed by atoms with Crippen LogP contribution in [-0.2, 0) is 6.42 Å². The van der Waals surface area contributed by atoms with E-state index in [0.29, 0.717) is 12.6 Å². The molecule has 0 bridgehead atoms. The summed E-state index contributed by atoms with van der Waals surface area (Å²) in [6.45, 7) is 8.47. The summed E-state index contributed by atoms with van der Waals surface area (Å²) in [6.07, 6.45) is 2.10. The third kappa shape index (κ3) is 4.00. The van der Waals surface area contributed by atoms with Crippen molar-refractivity contribution in [2.24, 2.45) is 5.73 Å². The molecular weight excluding hydrogens is 276 g/mol. The summed E-state index contributed by atoms with van der Waals surface area (Å²) < 4.78 is 1.17. The van der Waals surface area contributed by atoms with Gasteiger partial charge < -0.3 is 10.6 Å². The van der Waals surface area contributed by atoms with Gasteiger partial charge >= 0.3 is 0 Å². The topological polar surface area (TPSA) is 29.3 Å². The largest absolute Gasteiger partial charge is 0.368 e. The van der Waals surface area contributed by atoms with E-state index in [-0.39, 0.29) is 0 Å². The zero-order chi connectivity index (χ0) is 12.8. The highest BCUT2D eigenvalue weighted by molar-refractivity contribution is 9.10. The van der Waals surface area contributed by atoms with Crippen molar-refractivity contribution < 1.29 is 0 Å². The lowest BCUT2D eigenvalue weighted by atomic mass is 10.1. The molecule has 0 fully saturated rings. The fourth-order valence-electron chi connectivity index (χ4n) is 2.00. The molecule has 1 rings (SSSR count). The number of hydrogen-bond donors (Lipinski definition) is 1. The molecule has 1 aromatic carbocycles. The van der Waals surface area contributed by atoms with E-state index in [1.165, 1.54) is 15.7 Å². The first kappa shape index (κ1) is 14.5. The Labute approximate surface area is 113 Å². The van der Waals surface area contributed by atoms with Gasteiger partial charge in [0.2, 0.25) is 0 Å². The van der Waals surface area contributed by atoms with Gasteiger partial charge in [-0.25, -0.2) is 0 Å².